The smallest absolute Gasteiger partial charge is 0.298 e. The molecule has 2 aliphatic rings. The SMILES string of the molecule is CCN(C(=O)C1CCN(c2nc3ccccc3o2)CC1)C1CCS(=O)(=O)C1. The van der Waals surface area contributed by atoms with Crippen molar-refractivity contribution in [2.75, 3.05) is 36.0 Å². The van der Waals surface area contributed by atoms with Crippen molar-refractivity contribution in [1.82, 2.24) is 9.88 Å². The molecule has 27 heavy (non-hydrogen) atoms. The lowest BCUT2D eigenvalue weighted by Crippen LogP contribution is -2.47. The molecule has 0 aliphatic carbocycles. The third-order valence-corrected chi connectivity index (χ3v) is 7.42. The Labute approximate surface area is 159 Å². The highest BCUT2D eigenvalue weighted by atomic mass is 32.2. The van der Waals surface area contributed by atoms with E-state index in [1.165, 1.54) is 0 Å². The minimum Gasteiger partial charge on any atom is -0.423 e. The normalized spacial score (nSPS) is 23.0. The Hall–Kier alpha value is -2.09. The van der Waals surface area contributed by atoms with Crippen molar-refractivity contribution in [3.05, 3.63) is 24.3 Å². The van der Waals surface area contributed by atoms with Crippen LogP contribution in [0.4, 0.5) is 6.01 Å². The summed E-state index contributed by atoms with van der Waals surface area (Å²) < 4.78 is 29.4. The third-order valence-electron chi connectivity index (χ3n) is 5.67. The van der Waals surface area contributed by atoms with Gasteiger partial charge in [-0.15, -0.1) is 0 Å². The quantitative estimate of drug-likeness (QED) is 0.793. The predicted molar refractivity (Wildman–Crippen MR) is 103 cm³/mol. The first-order chi connectivity index (χ1) is 13.0. The Balaban J connectivity index is 1.40. The van der Waals surface area contributed by atoms with Gasteiger partial charge in [0.25, 0.3) is 6.01 Å². The van der Waals surface area contributed by atoms with E-state index in [1.54, 1.807) is 4.90 Å². The van der Waals surface area contributed by atoms with Crippen molar-refractivity contribution >= 4 is 32.9 Å². The molecule has 2 saturated heterocycles. The third kappa shape index (κ3) is 3.67. The molecule has 4 rings (SSSR count). The lowest BCUT2D eigenvalue weighted by atomic mass is 9.94. The monoisotopic (exact) mass is 391 g/mol. The molecule has 0 spiro atoms. The number of rotatable bonds is 4. The van der Waals surface area contributed by atoms with Crippen molar-refractivity contribution in [2.24, 2.45) is 5.92 Å². The van der Waals surface area contributed by atoms with E-state index >= 15 is 0 Å². The topological polar surface area (TPSA) is 83.7 Å². The number of fused-ring (bicyclic) bond motifs is 1. The summed E-state index contributed by atoms with van der Waals surface area (Å²) in [6.45, 7) is 3.91. The van der Waals surface area contributed by atoms with Crippen molar-refractivity contribution in [2.45, 2.75) is 32.2 Å². The number of anilines is 1. The molecule has 1 aromatic carbocycles. The summed E-state index contributed by atoms with van der Waals surface area (Å²) in [4.78, 5) is 21.4. The molecular weight excluding hydrogens is 366 g/mol. The van der Waals surface area contributed by atoms with E-state index in [1.807, 2.05) is 31.2 Å². The number of oxazole rings is 1. The summed E-state index contributed by atoms with van der Waals surface area (Å²) in [6.07, 6.45) is 2.02. The molecule has 2 fully saturated rings. The highest BCUT2D eigenvalue weighted by molar-refractivity contribution is 7.91. The van der Waals surface area contributed by atoms with E-state index in [2.05, 4.69) is 9.88 Å². The molecule has 2 aliphatic heterocycles. The number of sulfone groups is 1. The van der Waals surface area contributed by atoms with Crippen LogP contribution in [0.2, 0.25) is 0 Å². The number of piperidine rings is 1. The van der Waals surface area contributed by atoms with Gasteiger partial charge in [-0.25, -0.2) is 8.42 Å². The van der Waals surface area contributed by atoms with Crippen LogP contribution in [-0.4, -0.2) is 61.4 Å². The summed E-state index contributed by atoms with van der Waals surface area (Å²) >= 11 is 0. The van der Waals surface area contributed by atoms with Gasteiger partial charge in [0.1, 0.15) is 5.52 Å². The summed E-state index contributed by atoms with van der Waals surface area (Å²) in [7, 11) is -3.00. The zero-order valence-electron chi connectivity index (χ0n) is 15.5. The first-order valence-corrected chi connectivity index (χ1v) is 11.4. The fraction of sp³-hybridized carbons (Fsp3) is 0.579. The fourth-order valence-electron chi connectivity index (χ4n) is 4.16. The van der Waals surface area contributed by atoms with Gasteiger partial charge in [0.2, 0.25) is 5.91 Å². The van der Waals surface area contributed by atoms with Gasteiger partial charge in [-0.05, 0) is 38.3 Å². The van der Waals surface area contributed by atoms with Gasteiger partial charge in [-0.2, -0.15) is 4.98 Å². The lowest BCUT2D eigenvalue weighted by Gasteiger charge is -2.35. The molecule has 8 heteroatoms. The van der Waals surface area contributed by atoms with Gasteiger partial charge >= 0.3 is 0 Å². The molecule has 0 radical (unpaired) electrons. The van der Waals surface area contributed by atoms with Gasteiger partial charge in [-0.1, -0.05) is 12.1 Å². The second kappa shape index (κ2) is 7.14. The number of carbonyl (C=O) groups excluding carboxylic acids is 1. The molecule has 7 nitrogen and oxygen atoms in total. The molecular formula is C19H25N3O4S. The molecule has 1 atom stereocenters. The number of nitrogens with zero attached hydrogens (tertiary/aromatic N) is 3. The van der Waals surface area contributed by atoms with Crippen LogP contribution in [-0.2, 0) is 14.6 Å². The van der Waals surface area contributed by atoms with E-state index in [4.69, 9.17) is 4.42 Å². The second-order valence-electron chi connectivity index (χ2n) is 7.41. The summed E-state index contributed by atoms with van der Waals surface area (Å²) in [6, 6.07) is 8.12. The largest absolute Gasteiger partial charge is 0.423 e. The first-order valence-electron chi connectivity index (χ1n) is 9.58. The van der Waals surface area contributed by atoms with Crippen LogP contribution < -0.4 is 4.90 Å². The van der Waals surface area contributed by atoms with Gasteiger partial charge in [0.05, 0.1) is 11.5 Å². The number of amides is 1. The Morgan fingerprint density at radius 2 is 2.00 bits per heavy atom. The average Bonchev–Trinajstić information content (AvgIpc) is 3.25. The van der Waals surface area contributed by atoms with Crippen molar-refractivity contribution in [3.8, 4) is 0 Å². The molecule has 0 N–H and O–H groups in total. The van der Waals surface area contributed by atoms with Crippen molar-refractivity contribution in [1.29, 1.82) is 0 Å². The number of para-hydroxylation sites is 2. The van der Waals surface area contributed by atoms with Gasteiger partial charge in [-0.3, -0.25) is 4.79 Å². The molecule has 0 bridgehead atoms. The van der Waals surface area contributed by atoms with Crippen LogP contribution in [0, 0.1) is 5.92 Å². The maximum absolute atomic E-state index is 13.0. The predicted octanol–water partition coefficient (Wildman–Crippen LogP) is 2.08. The molecule has 146 valence electrons. The van der Waals surface area contributed by atoms with Crippen LogP contribution >= 0.6 is 0 Å². The van der Waals surface area contributed by atoms with E-state index in [0.29, 0.717) is 32.1 Å². The fourth-order valence-corrected chi connectivity index (χ4v) is 5.89. The minimum absolute atomic E-state index is 0.0612. The summed E-state index contributed by atoms with van der Waals surface area (Å²) in [5.74, 6) is 0.331. The van der Waals surface area contributed by atoms with Gasteiger partial charge in [0.15, 0.2) is 15.4 Å². The number of hydrogen-bond donors (Lipinski definition) is 0. The van der Waals surface area contributed by atoms with Gasteiger partial charge in [0, 0.05) is 31.6 Å². The number of benzene rings is 1. The second-order valence-corrected chi connectivity index (χ2v) is 9.64. The maximum atomic E-state index is 13.0. The first kappa shape index (κ1) is 18.3. The van der Waals surface area contributed by atoms with Crippen LogP contribution in [0.15, 0.2) is 28.7 Å². The average molecular weight is 391 g/mol. The van der Waals surface area contributed by atoms with E-state index in [-0.39, 0.29) is 29.4 Å². The number of aromatic nitrogens is 1. The van der Waals surface area contributed by atoms with Crippen LogP contribution in [0.3, 0.4) is 0 Å². The summed E-state index contributed by atoms with van der Waals surface area (Å²) in [5.41, 5.74) is 1.61. The van der Waals surface area contributed by atoms with Crippen LogP contribution in [0.1, 0.15) is 26.2 Å². The van der Waals surface area contributed by atoms with Crippen molar-refractivity contribution < 1.29 is 17.6 Å². The zero-order chi connectivity index (χ0) is 19.0. The van der Waals surface area contributed by atoms with E-state index < -0.39 is 9.84 Å². The van der Waals surface area contributed by atoms with Gasteiger partial charge < -0.3 is 14.2 Å². The lowest BCUT2D eigenvalue weighted by molar-refractivity contribution is -0.137. The zero-order valence-corrected chi connectivity index (χ0v) is 16.3. The van der Waals surface area contributed by atoms with E-state index in [0.717, 1.165) is 23.9 Å². The molecule has 3 heterocycles. The Bertz CT molecular complexity index is 898. The highest BCUT2D eigenvalue weighted by Crippen LogP contribution is 2.28. The Morgan fingerprint density at radius 1 is 1.26 bits per heavy atom. The molecule has 1 aromatic heterocycles. The molecule has 1 unspecified atom stereocenters. The van der Waals surface area contributed by atoms with Crippen LogP contribution in [0.5, 0.6) is 0 Å². The van der Waals surface area contributed by atoms with Crippen molar-refractivity contribution in [3.63, 3.8) is 0 Å². The molecule has 2 aromatic rings. The Morgan fingerprint density at radius 3 is 2.63 bits per heavy atom. The molecule has 0 saturated carbocycles. The summed E-state index contributed by atoms with van der Waals surface area (Å²) in [5, 5.41) is 0. The number of carbonyl (C=O) groups is 1. The van der Waals surface area contributed by atoms with Crippen LogP contribution in [0.25, 0.3) is 11.1 Å². The standard InChI is InChI=1S/C19H25N3O4S/c1-2-22(15-9-12-27(24,25)13-15)18(23)14-7-10-21(11-8-14)19-20-16-5-3-4-6-17(16)26-19/h3-6,14-15H,2,7-13H2,1H3. The van der Waals surface area contributed by atoms with E-state index in [9.17, 15) is 13.2 Å². The molecule has 1 amide bonds. The maximum Gasteiger partial charge on any atom is 0.298 e. The Kier molecular flexibility index (Phi) is 4.84. The number of hydrogen-bond acceptors (Lipinski definition) is 6. The highest BCUT2D eigenvalue weighted by Gasteiger charge is 2.37. The minimum atomic E-state index is -3.00.